The van der Waals surface area contributed by atoms with Crippen molar-refractivity contribution in [2.75, 3.05) is 10.6 Å². The minimum Gasteiger partial charge on any atom is -0.356 e. The smallest absolute Gasteiger partial charge is 0.221 e. The Bertz CT molecular complexity index is 550. The van der Waals surface area contributed by atoms with E-state index in [0.29, 0.717) is 6.54 Å². The molecule has 0 bridgehead atoms. The molecule has 1 aromatic carbocycles. The first-order valence-corrected chi connectivity index (χ1v) is 6.92. The van der Waals surface area contributed by atoms with E-state index < -0.39 is 0 Å². The Morgan fingerprint density at radius 3 is 2.58 bits per heavy atom. The number of hydrogen-bond donors (Lipinski definition) is 2. The van der Waals surface area contributed by atoms with Gasteiger partial charge in [-0.05, 0) is 24.1 Å². The molecule has 1 heterocycles. The first kappa shape index (κ1) is 13.5. The summed E-state index contributed by atoms with van der Waals surface area (Å²) in [5.41, 5.74) is 1.93. The predicted octanol–water partition coefficient (Wildman–Crippen LogP) is 2.67. The van der Waals surface area contributed by atoms with Gasteiger partial charge in [-0.2, -0.15) is 0 Å². The van der Waals surface area contributed by atoms with Crippen LogP contribution in [0.2, 0.25) is 0 Å². The van der Waals surface area contributed by atoms with Crippen molar-refractivity contribution in [2.24, 2.45) is 0 Å². The molecule has 0 fully saturated rings. The third-order valence-electron chi connectivity index (χ3n) is 2.49. The number of nitrogens with one attached hydrogen (secondary N) is 2. The summed E-state index contributed by atoms with van der Waals surface area (Å²) in [6.45, 7) is 4.25. The number of aryl methyl sites for hydroxylation is 1. The van der Waals surface area contributed by atoms with E-state index in [1.54, 1.807) is 11.3 Å². The molecular formula is C13H16N4OS. The van der Waals surface area contributed by atoms with Crippen LogP contribution in [0.15, 0.2) is 24.3 Å². The van der Waals surface area contributed by atoms with E-state index >= 15 is 0 Å². The van der Waals surface area contributed by atoms with Gasteiger partial charge in [-0.25, -0.2) is 0 Å². The highest BCUT2D eigenvalue weighted by Gasteiger charge is 2.02. The van der Waals surface area contributed by atoms with E-state index in [1.807, 2.05) is 24.3 Å². The summed E-state index contributed by atoms with van der Waals surface area (Å²) in [6, 6.07) is 7.71. The Labute approximate surface area is 116 Å². The zero-order valence-corrected chi connectivity index (χ0v) is 11.8. The van der Waals surface area contributed by atoms with Crippen molar-refractivity contribution in [1.82, 2.24) is 10.2 Å². The van der Waals surface area contributed by atoms with E-state index in [9.17, 15) is 4.79 Å². The Balaban J connectivity index is 1.90. The maximum absolute atomic E-state index is 10.9. The molecule has 0 saturated carbocycles. The molecule has 2 N–H and O–H groups in total. The van der Waals surface area contributed by atoms with E-state index in [4.69, 9.17) is 0 Å². The second kappa shape index (κ2) is 6.29. The monoisotopic (exact) mass is 276 g/mol. The van der Waals surface area contributed by atoms with E-state index in [-0.39, 0.29) is 5.91 Å². The maximum Gasteiger partial charge on any atom is 0.221 e. The standard InChI is InChI=1S/C13H16N4OS/c1-3-12-16-17-13(19-12)14-8-10-4-6-11(7-5-10)15-9(2)18/h4-7H,3,8H2,1-2H3,(H,14,17)(H,15,18). The van der Waals surface area contributed by atoms with Crippen LogP contribution in [0.1, 0.15) is 24.4 Å². The minimum atomic E-state index is -0.0631. The van der Waals surface area contributed by atoms with Gasteiger partial charge in [-0.1, -0.05) is 30.4 Å². The summed E-state index contributed by atoms with van der Waals surface area (Å²) < 4.78 is 0. The molecule has 2 aromatic rings. The lowest BCUT2D eigenvalue weighted by Crippen LogP contribution is -2.06. The number of anilines is 2. The van der Waals surface area contributed by atoms with Gasteiger partial charge >= 0.3 is 0 Å². The number of benzene rings is 1. The third-order valence-corrected chi connectivity index (χ3v) is 3.51. The van der Waals surface area contributed by atoms with Crippen molar-refractivity contribution in [3.8, 4) is 0 Å². The Morgan fingerprint density at radius 1 is 1.26 bits per heavy atom. The van der Waals surface area contributed by atoms with Crippen LogP contribution >= 0.6 is 11.3 Å². The fourth-order valence-electron chi connectivity index (χ4n) is 1.55. The highest BCUT2D eigenvalue weighted by molar-refractivity contribution is 7.15. The van der Waals surface area contributed by atoms with Crippen molar-refractivity contribution >= 4 is 28.1 Å². The molecule has 2 rings (SSSR count). The zero-order valence-electron chi connectivity index (χ0n) is 10.9. The van der Waals surface area contributed by atoms with Crippen LogP contribution in [-0.2, 0) is 17.8 Å². The van der Waals surface area contributed by atoms with Crippen molar-refractivity contribution in [3.63, 3.8) is 0 Å². The molecule has 0 aliphatic rings. The zero-order chi connectivity index (χ0) is 13.7. The highest BCUT2D eigenvalue weighted by atomic mass is 32.1. The lowest BCUT2D eigenvalue weighted by Gasteiger charge is -2.05. The van der Waals surface area contributed by atoms with Gasteiger partial charge < -0.3 is 10.6 Å². The van der Waals surface area contributed by atoms with E-state index in [1.165, 1.54) is 6.92 Å². The number of rotatable bonds is 5. The van der Waals surface area contributed by atoms with E-state index in [2.05, 4.69) is 27.8 Å². The molecule has 0 atom stereocenters. The number of carbonyl (C=O) groups is 1. The highest BCUT2D eigenvalue weighted by Crippen LogP contribution is 2.17. The SMILES string of the molecule is CCc1nnc(NCc2ccc(NC(C)=O)cc2)s1. The summed E-state index contributed by atoms with van der Waals surface area (Å²) in [5.74, 6) is -0.0631. The summed E-state index contributed by atoms with van der Waals surface area (Å²) >= 11 is 1.57. The second-order valence-electron chi connectivity index (χ2n) is 4.09. The van der Waals surface area contributed by atoms with Crippen LogP contribution in [0.25, 0.3) is 0 Å². The fraction of sp³-hybridized carbons (Fsp3) is 0.308. The normalized spacial score (nSPS) is 10.2. The molecule has 0 radical (unpaired) electrons. The van der Waals surface area contributed by atoms with Gasteiger partial charge in [-0.3, -0.25) is 4.79 Å². The van der Waals surface area contributed by atoms with E-state index in [0.717, 1.165) is 27.8 Å². The fourth-order valence-corrected chi connectivity index (χ4v) is 2.23. The molecule has 19 heavy (non-hydrogen) atoms. The van der Waals surface area contributed by atoms with Gasteiger partial charge in [-0.15, -0.1) is 10.2 Å². The molecule has 0 unspecified atom stereocenters. The van der Waals surface area contributed by atoms with Crippen molar-refractivity contribution in [3.05, 3.63) is 34.8 Å². The van der Waals surface area contributed by atoms with Gasteiger partial charge in [0, 0.05) is 19.2 Å². The maximum atomic E-state index is 10.9. The van der Waals surface area contributed by atoms with Crippen LogP contribution in [0.5, 0.6) is 0 Å². The lowest BCUT2D eigenvalue weighted by molar-refractivity contribution is -0.114. The molecule has 1 amide bonds. The first-order chi connectivity index (χ1) is 9.17. The summed E-state index contributed by atoms with van der Waals surface area (Å²) in [7, 11) is 0. The molecule has 100 valence electrons. The molecule has 0 aliphatic heterocycles. The predicted molar refractivity (Wildman–Crippen MR) is 77.4 cm³/mol. The molecule has 0 spiro atoms. The first-order valence-electron chi connectivity index (χ1n) is 6.10. The van der Waals surface area contributed by atoms with Crippen molar-refractivity contribution < 1.29 is 4.79 Å². The van der Waals surface area contributed by atoms with Gasteiger partial charge in [0.05, 0.1) is 0 Å². The van der Waals surface area contributed by atoms with Gasteiger partial charge in [0.25, 0.3) is 0 Å². The molecular weight excluding hydrogens is 260 g/mol. The van der Waals surface area contributed by atoms with Crippen LogP contribution in [0, 0.1) is 0 Å². The lowest BCUT2D eigenvalue weighted by atomic mass is 10.2. The summed E-state index contributed by atoms with van der Waals surface area (Å²) in [6.07, 6.45) is 0.907. The summed E-state index contributed by atoms with van der Waals surface area (Å²) in [4.78, 5) is 10.9. The topological polar surface area (TPSA) is 66.9 Å². The van der Waals surface area contributed by atoms with Crippen LogP contribution in [0.4, 0.5) is 10.8 Å². The minimum absolute atomic E-state index is 0.0631. The van der Waals surface area contributed by atoms with Gasteiger partial charge in [0.1, 0.15) is 5.01 Å². The number of amides is 1. The molecule has 5 nitrogen and oxygen atoms in total. The van der Waals surface area contributed by atoms with Crippen molar-refractivity contribution in [1.29, 1.82) is 0 Å². The Hall–Kier alpha value is -1.95. The Morgan fingerprint density at radius 2 is 2.00 bits per heavy atom. The number of carbonyl (C=O) groups excluding carboxylic acids is 1. The molecule has 6 heteroatoms. The summed E-state index contributed by atoms with van der Waals surface area (Å²) in [5, 5.41) is 15.9. The largest absolute Gasteiger partial charge is 0.356 e. The molecule has 0 aliphatic carbocycles. The molecule has 0 saturated heterocycles. The van der Waals surface area contributed by atoms with Crippen LogP contribution in [-0.4, -0.2) is 16.1 Å². The number of nitrogens with zero attached hydrogens (tertiary/aromatic N) is 2. The Kier molecular flexibility index (Phi) is 4.46. The molecule has 1 aromatic heterocycles. The second-order valence-corrected chi connectivity index (χ2v) is 5.15. The van der Waals surface area contributed by atoms with Crippen molar-refractivity contribution in [2.45, 2.75) is 26.8 Å². The number of aromatic nitrogens is 2. The average molecular weight is 276 g/mol. The number of hydrogen-bond acceptors (Lipinski definition) is 5. The van der Waals surface area contributed by atoms with Gasteiger partial charge in [0.2, 0.25) is 11.0 Å². The van der Waals surface area contributed by atoms with Crippen LogP contribution in [0.3, 0.4) is 0 Å². The van der Waals surface area contributed by atoms with Gasteiger partial charge in [0.15, 0.2) is 0 Å². The van der Waals surface area contributed by atoms with Crippen LogP contribution < -0.4 is 10.6 Å². The average Bonchev–Trinajstić information content (AvgIpc) is 2.85. The third kappa shape index (κ3) is 4.03. The quantitative estimate of drug-likeness (QED) is 0.881.